The Labute approximate surface area is 163 Å². The van der Waals surface area contributed by atoms with Crippen LogP contribution in [0.3, 0.4) is 0 Å². The molecule has 0 radical (unpaired) electrons. The smallest absolute Gasteiger partial charge is 0.227 e. The van der Waals surface area contributed by atoms with E-state index in [-0.39, 0.29) is 5.43 Å². The van der Waals surface area contributed by atoms with E-state index in [0.717, 1.165) is 22.6 Å². The van der Waals surface area contributed by atoms with E-state index in [1.165, 1.54) is 0 Å². The Hall–Kier alpha value is -3.60. The normalized spacial score (nSPS) is 10.8. The molecule has 140 valence electrons. The Morgan fingerprint density at radius 2 is 1.68 bits per heavy atom. The summed E-state index contributed by atoms with van der Waals surface area (Å²) in [5.41, 5.74) is 3.27. The van der Waals surface area contributed by atoms with Gasteiger partial charge in [0.1, 0.15) is 11.2 Å². The van der Waals surface area contributed by atoms with Gasteiger partial charge in [-0.1, -0.05) is 36.4 Å². The van der Waals surface area contributed by atoms with Gasteiger partial charge < -0.3 is 10.1 Å². The van der Waals surface area contributed by atoms with Crippen molar-refractivity contribution in [2.45, 2.75) is 13.8 Å². The zero-order valence-corrected chi connectivity index (χ0v) is 15.8. The quantitative estimate of drug-likeness (QED) is 0.546. The standard InChI is InChI=1S/C23H21N3O2/c1-3-28-23-22-19(14-16(2)24-23)26(18-12-8-5-9-13-18)21(15-20(22)27)25-17-10-6-4-7-11-17/h4-15,25H,3H2,1-2H3. The van der Waals surface area contributed by atoms with Crippen LogP contribution in [0, 0.1) is 6.92 Å². The van der Waals surface area contributed by atoms with Crippen molar-refractivity contribution < 1.29 is 4.74 Å². The van der Waals surface area contributed by atoms with Gasteiger partial charge in [0.05, 0.1) is 12.1 Å². The predicted octanol–water partition coefficient (Wildman–Crippen LogP) is 4.84. The summed E-state index contributed by atoms with van der Waals surface area (Å²) in [5, 5.41) is 3.86. The van der Waals surface area contributed by atoms with Crippen molar-refractivity contribution in [3.05, 3.63) is 88.7 Å². The minimum Gasteiger partial charge on any atom is -0.477 e. The molecule has 2 aromatic heterocycles. The molecule has 28 heavy (non-hydrogen) atoms. The first-order valence-corrected chi connectivity index (χ1v) is 9.25. The van der Waals surface area contributed by atoms with Crippen molar-refractivity contribution in [1.82, 2.24) is 9.55 Å². The van der Waals surface area contributed by atoms with Gasteiger partial charge in [-0.2, -0.15) is 0 Å². The summed E-state index contributed by atoms with van der Waals surface area (Å²) < 4.78 is 7.71. The Morgan fingerprint density at radius 3 is 2.36 bits per heavy atom. The summed E-state index contributed by atoms with van der Waals surface area (Å²) in [7, 11) is 0. The lowest BCUT2D eigenvalue weighted by Crippen LogP contribution is -2.14. The second-order valence-corrected chi connectivity index (χ2v) is 6.45. The van der Waals surface area contributed by atoms with E-state index in [1.54, 1.807) is 6.07 Å². The molecule has 0 amide bonds. The second-order valence-electron chi connectivity index (χ2n) is 6.45. The molecule has 2 aromatic carbocycles. The van der Waals surface area contributed by atoms with Crippen LogP contribution >= 0.6 is 0 Å². The van der Waals surface area contributed by atoms with Crippen LogP contribution < -0.4 is 15.5 Å². The SMILES string of the molecule is CCOc1nc(C)cc2c1c(=O)cc(Nc1ccccc1)n2-c1ccccc1. The number of pyridine rings is 2. The van der Waals surface area contributed by atoms with Crippen molar-refractivity contribution in [2.24, 2.45) is 0 Å². The second kappa shape index (κ2) is 7.56. The number of hydrogen-bond donors (Lipinski definition) is 1. The van der Waals surface area contributed by atoms with Crippen LogP contribution in [0.2, 0.25) is 0 Å². The maximum absolute atomic E-state index is 13.0. The highest BCUT2D eigenvalue weighted by molar-refractivity contribution is 5.88. The van der Waals surface area contributed by atoms with Crippen molar-refractivity contribution in [3.63, 3.8) is 0 Å². The number of nitrogens with one attached hydrogen (secondary N) is 1. The molecule has 4 aromatic rings. The highest BCUT2D eigenvalue weighted by Gasteiger charge is 2.16. The third-order valence-corrected chi connectivity index (χ3v) is 4.43. The molecule has 5 heteroatoms. The monoisotopic (exact) mass is 371 g/mol. The van der Waals surface area contributed by atoms with Crippen LogP contribution in [-0.4, -0.2) is 16.2 Å². The maximum atomic E-state index is 13.0. The number of nitrogens with zero attached hydrogens (tertiary/aromatic N) is 2. The molecule has 1 N–H and O–H groups in total. The van der Waals surface area contributed by atoms with Crippen LogP contribution in [0.1, 0.15) is 12.6 Å². The summed E-state index contributed by atoms with van der Waals surface area (Å²) >= 11 is 0. The van der Waals surface area contributed by atoms with Crippen molar-refractivity contribution in [3.8, 4) is 11.6 Å². The van der Waals surface area contributed by atoms with Gasteiger partial charge in [0.2, 0.25) is 5.88 Å². The van der Waals surface area contributed by atoms with Gasteiger partial charge in [-0.15, -0.1) is 0 Å². The largest absolute Gasteiger partial charge is 0.477 e. The van der Waals surface area contributed by atoms with Gasteiger partial charge in [-0.3, -0.25) is 9.36 Å². The topological polar surface area (TPSA) is 56.1 Å². The number of anilines is 2. The fraction of sp³-hybridized carbons (Fsp3) is 0.130. The summed E-state index contributed by atoms with van der Waals surface area (Å²) in [6.07, 6.45) is 0. The lowest BCUT2D eigenvalue weighted by Gasteiger charge is -2.19. The van der Waals surface area contributed by atoms with E-state index in [1.807, 2.05) is 85.1 Å². The number of ether oxygens (including phenoxy) is 1. The number of rotatable bonds is 5. The fourth-order valence-electron chi connectivity index (χ4n) is 3.28. The Kier molecular flexibility index (Phi) is 4.81. The molecule has 0 saturated carbocycles. The lowest BCUT2D eigenvalue weighted by molar-refractivity contribution is 0.330. The van der Waals surface area contributed by atoms with Gasteiger partial charge in [0, 0.05) is 23.1 Å². The number of fused-ring (bicyclic) bond motifs is 1. The Balaban J connectivity index is 2.05. The maximum Gasteiger partial charge on any atom is 0.227 e. The third kappa shape index (κ3) is 3.34. The molecule has 0 bridgehead atoms. The zero-order chi connectivity index (χ0) is 19.5. The highest BCUT2D eigenvalue weighted by atomic mass is 16.5. The first kappa shape index (κ1) is 17.8. The molecule has 0 aliphatic heterocycles. The summed E-state index contributed by atoms with van der Waals surface area (Å²) in [5.74, 6) is 1.06. The molecule has 5 nitrogen and oxygen atoms in total. The van der Waals surface area contributed by atoms with Crippen molar-refractivity contribution in [2.75, 3.05) is 11.9 Å². The van der Waals surface area contributed by atoms with Crippen LogP contribution in [-0.2, 0) is 0 Å². The summed E-state index contributed by atoms with van der Waals surface area (Å²) in [4.78, 5) is 17.5. The number of aryl methyl sites for hydroxylation is 1. The molecule has 0 aliphatic carbocycles. The van der Waals surface area contributed by atoms with Crippen LogP contribution in [0.25, 0.3) is 16.6 Å². The average molecular weight is 371 g/mol. The highest BCUT2D eigenvalue weighted by Crippen LogP contribution is 2.29. The first-order chi connectivity index (χ1) is 13.7. The van der Waals surface area contributed by atoms with Crippen LogP contribution in [0.4, 0.5) is 11.5 Å². The van der Waals surface area contributed by atoms with Gasteiger partial charge in [-0.05, 0) is 44.2 Å². The van der Waals surface area contributed by atoms with Crippen LogP contribution in [0.15, 0.2) is 77.6 Å². The molecule has 4 rings (SSSR count). The van der Waals surface area contributed by atoms with E-state index >= 15 is 0 Å². The van der Waals surface area contributed by atoms with E-state index < -0.39 is 0 Å². The van der Waals surface area contributed by atoms with E-state index in [0.29, 0.717) is 23.7 Å². The number of aromatic nitrogens is 2. The Morgan fingerprint density at radius 1 is 1.00 bits per heavy atom. The molecular weight excluding hydrogens is 350 g/mol. The van der Waals surface area contributed by atoms with E-state index in [2.05, 4.69) is 10.3 Å². The van der Waals surface area contributed by atoms with Gasteiger partial charge in [0.15, 0.2) is 5.43 Å². The molecule has 2 heterocycles. The number of hydrogen-bond acceptors (Lipinski definition) is 4. The van der Waals surface area contributed by atoms with Gasteiger partial charge in [0.25, 0.3) is 0 Å². The minimum atomic E-state index is -0.128. The lowest BCUT2D eigenvalue weighted by atomic mass is 10.2. The van der Waals surface area contributed by atoms with E-state index in [4.69, 9.17) is 4.74 Å². The van der Waals surface area contributed by atoms with Crippen molar-refractivity contribution >= 4 is 22.4 Å². The molecule has 0 saturated heterocycles. The summed E-state index contributed by atoms with van der Waals surface area (Å²) in [6.45, 7) is 4.23. The molecule has 0 spiro atoms. The Bertz CT molecular complexity index is 1170. The number of para-hydroxylation sites is 2. The average Bonchev–Trinajstić information content (AvgIpc) is 2.69. The zero-order valence-electron chi connectivity index (χ0n) is 15.8. The molecule has 0 fully saturated rings. The van der Waals surface area contributed by atoms with Crippen LogP contribution in [0.5, 0.6) is 5.88 Å². The first-order valence-electron chi connectivity index (χ1n) is 9.25. The molecule has 0 atom stereocenters. The van der Waals surface area contributed by atoms with E-state index in [9.17, 15) is 4.79 Å². The fourth-order valence-corrected chi connectivity index (χ4v) is 3.28. The molecular formula is C23H21N3O2. The molecule has 0 unspecified atom stereocenters. The molecule has 0 aliphatic rings. The minimum absolute atomic E-state index is 0.128. The van der Waals surface area contributed by atoms with Gasteiger partial charge in [-0.25, -0.2) is 4.98 Å². The predicted molar refractivity (Wildman–Crippen MR) is 113 cm³/mol. The number of benzene rings is 2. The summed E-state index contributed by atoms with van der Waals surface area (Å²) in [6, 6.07) is 23.3. The van der Waals surface area contributed by atoms with Crippen molar-refractivity contribution in [1.29, 1.82) is 0 Å². The third-order valence-electron chi connectivity index (χ3n) is 4.43. The van der Waals surface area contributed by atoms with Gasteiger partial charge >= 0.3 is 0 Å².